The van der Waals surface area contributed by atoms with Crippen LogP contribution in [-0.2, 0) is 9.59 Å². The van der Waals surface area contributed by atoms with E-state index in [4.69, 9.17) is 0 Å². The minimum absolute atomic E-state index is 0.0363. The number of likely N-dealkylation sites (tertiary alicyclic amines) is 1. The van der Waals surface area contributed by atoms with Crippen molar-refractivity contribution < 1.29 is 24.2 Å². The number of aliphatic imine (C=N–C) groups is 2. The largest absolute Gasteiger partial charge is 0.380 e. The molecule has 3 N–H and O–H groups in total. The number of carbonyl (C=O) groups is 2. The number of fused-ring (bicyclic) bond motifs is 1. The van der Waals surface area contributed by atoms with Crippen LogP contribution in [0, 0.1) is 29.0 Å². The molecule has 2 amide bonds. The molecule has 0 bridgehead atoms. The predicted octanol–water partition coefficient (Wildman–Crippen LogP) is 0.0816. The number of halogens is 1. The van der Waals surface area contributed by atoms with Crippen LogP contribution >= 0.6 is 0 Å². The SMILES string of the molecule is CC1=NC2CN(C(=O)[C@H](O)[C@@H](O)C(=O)NCC3CCN(c4ccc(F)cc4C#N)CC3)CC2C=N1. The number of benzene rings is 1. The second-order valence-electron chi connectivity index (χ2n) is 9.27. The van der Waals surface area contributed by atoms with Gasteiger partial charge in [-0.3, -0.25) is 14.6 Å². The maximum atomic E-state index is 13.4. The summed E-state index contributed by atoms with van der Waals surface area (Å²) in [6.07, 6.45) is -0.544. The van der Waals surface area contributed by atoms with Crippen molar-refractivity contribution in [2.45, 2.75) is 38.0 Å². The molecule has 2 unspecified atom stereocenters. The lowest BCUT2D eigenvalue weighted by atomic mass is 9.95. The molecule has 0 aromatic heterocycles. The average Bonchev–Trinajstić information content (AvgIpc) is 3.29. The molecule has 2 saturated heterocycles. The molecule has 0 spiro atoms. The highest BCUT2D eigenvalue weighted by Gasteiger charge is 2.40. The van der Waals surface area contributed by atoms with Gasteiger partial charge >= 0.3 is 0 Å². The molecule has 2 fully saturated rings. The summed E-state index contributed by atoms with van der Waals surface area (Å²) in [6.45, 7) is 3.96. The Morgan fingerprint density at radius 2 is 2.00 bits per heavy atom. The molecular weight excluding hydrogens is 455 g/mol. The number of aliphatic hydroxyl groups excluding tert-OH is 2. The molecule has 11 heteroatoms. The van der Waals surface area contributed by atoms with Gasteiger partial charge in [0.25, 0.3) is 11.8 Å². The fourth-order valence-corrected chi connectivity index (χ4v) is 4.82. The molecule has 186 valence electrons. The number of nitriles is 1. The van der Waals surface area contributed by atoms with E-state index in [-0.39, 0.29) is 30.0 Å². The van der Waals surface area contributed by atoms with E-state index in [1.54, 1.807) is 19.2 Å². The number of carbonyl (C=O) groups excluding carboxylic acids is 2. The van der Waals surface area contributed by atoms with Crippen molar-refractivity contribution in [2.75, 3.05) is 37.6 Å². The maximum Gasteiger partial charge on any atom is 0.254 e. The smallest absolute Gasteiger partial charge is 0.254 e. The quantitative estimate of drug-likeness (QED) is 0.522. The topological polar surface area (TPSA) is 142 Å². The summed E-state index contributed by atoms with van der Waals surface area (Å²) in [6, 6.07) is 6.04. The van der Waals surface area contributed by atoms with Crippen molar-refractivity contribution in [3.63, 3.8) is 0 Å². The molecule has 4 atom stereocenters. The zero-order chi connectivity index (χ0) is 25.1. The van der Waals surface area contributed by atoms with Crippen molar-refractivity contribution in [1.82, 2.24) is 10.2 Å². The summed E-state index contributed by atoms with van der Waals surface area (Å²) in [5.74, 6) is -1.24. The van der Waals surface area contributed by atoms with Crippen LogP contribution in [0.1, 0.15) is 25.3 Å². The van der Waals surface area contributed by atoms with Gasteiger partial charge in [-0.15, -0.1) is 0 Å². The number of amidine groups is 1. The van der Waals surface area contributed by atoms with E-state index in [0.29, 0.717) is 37.7 Å². The van der Waals surface area contributed by atoms with Gasteiger partial charge < -0.3 is 25.3 Å². The van der Waals surface area contributed by atoms with Crippen LogP contribution in [0.4, 0.5) is 10.1 Å². The fourth-order valence-electron chi connectivity index (χ4n) is 4.82. The van der Waals surface area contributed by atoms with Crippen LogP contribution in [0.15, 0.2) is 28.2 Å². The van der Waals surface area contributed by atoms with Gasteiger partial charge in [0, 0.05) is 44.9 Å². The second kappa shape index (κ2) is 10.5. The van der Waals surface area contributed by atoms with Crippen molar-refractivity contribution >= 4 is 29.6 Å². The predicted molar refractivity (Wildman–Crippen MR) is 127 cm³/mol. The molecule has 35 heavy (non-hydrogen) atoms. The van der Waals surface area contributed by atoms with Gasteiger partial charge in [-0.1, -0.05) is 0 Å². The molecule has 1 aromatic rings. The minimum Gasteiger partial charge on any atom is -0.380 e. The van der Waals surface area contributed by atoms with E-state index in [1.807, 2.05) is 11.0 Å². The summed E-state index contributed by atoms with van der Waals surface area (Å²) in [4.78, 5) is 37.1. The van der Waals surface area contributed by atoms with Crippen LogP contribution in [0.2, 0.25) is 0 Å². The van der Waals surface area contributed by atoms with Gasteiger partial charge in [-0.2, -0.15) is 5.26 Å². The fraction of sp³-hybridized carbons (Fsp3) is 0.542. The Kier molecular flexibility index (Phi) is 7.42. The van der Waals surface area contributed by atoms with Crippen LogP contribution in [0.5, 0.6) is 0 Å². The minimum atomic E-state index is -1.87. The van der Waals surface area contributed by atoms with Crippen molar-refractivity contribution in [3.05, 3.63) is 29.6 Å². The van der Waals surface area contributed by atoms with Gasteiger partial charge in [-0.05, 0) is 43.9 Å². The third-order valence-electron chi connectivity index (χ3n) is 6.87. The van der Waals surface area contributed by atoms with Crippen LogP contribution in [0.25, 0.3) is 0 Å². The van der Waals surface area contributed by atoms with Gasteiger partial charge in [0.1, 0.15) is 17.7 Å². The lowest BCUT2D eigenvalue weighted by molar-refractivity contribution is -0.152. The summed E-state index contributed by atoms with van der Waals surface area (Å²) in [5, 5.41) is 32.5. The Balaban J connectivity index is 1.23. The lowest BCUT2D eigenvalue weighted by Crippen LogP contribution is -2.51. The number of anilines is 1. The van der Waals surface area contributed by atoms with Crippen molar-refractivity contribution in [2.24, 2.45) is 21.8 Å². The van der Waals surface area contributed by atoms with Crippen LogP contribution in [0.3, 0.4) is 0 Å². The number of piperidine rings is 1. The first-order valence-electron chi connectivity index (χ1n) is 11.7. The molecule has 3 aliphatic rings. The van der Waals surface area contributed by atoms with E-state index >= 15 is 0 Å². The van der Waals surface area contributed by atoms with E-state index in [0.717, 1.165) is 12.8 Å². The summed E-state index contributed by atoms with van der Waals surface area (Å²) < 4.78 is 13.4. The summed E-state index contributed by atoms with van der Waals surface area (Å²) in [5.41, 5.74) is 0.965. The lowest BCUT2D eigenvalue weighted by Gasteiger charge is -2.34. The Labute approximate surface area is 202 Å². The van der Waals surface area contributed by atoms with Gasteiger partial charge in [0.05, 0.1) is 17.3 Å². The molecule has 0 aliphatic carbocycles. The zero-order valence-electron chi connectivity index (χ0n) is 19.5. The first kappa shape index (κ1) is 24.8. The number of amides is 2. The maximum absolute atomic E-state index is 13.4. The Morgan fingerprint density at radius 3 is 2.71 bits per heavy atom. The molecule has 1 aromatic carbocycles. The number of aliphatic hydroxyl groups is 2. The van der Waals surface area contributed by atoms with Gasteiger partial charge in [0.2, 0.25) is 0 Å². The number of hydrogen-bond donors (Lipinski definition) is 3. The molecule has 10 nitrogen and oxygen atoms in total. The Bertz CT molecular complexity index is 1080. The Hall–Kier alpha value is -3.36. The summed E-state index contributed by atoms with van der Waals surface area (Å²) >= 11 is 0. The standard InChI is InChI=1S/C24H29FN6O4/c1-14-27-11-17-12-31(13-19(17)29-14)24(35)22(33)21(32)23(34)28-10-15-4-6-30(7-5-15)20-3-2-18(25)8-16(20)9-26/h2-3,8,11,15,17,19,21-22,32-33H,4-7,10,12-13H2,1H3,(H,28,34)/t17?,19?,21-,22-/m1/s1. The highest BCUT2D eigenvalue weighted by molar-refractivity contribution is 5.93. The molecule has 3 aliphatic heterocycles. The number of rotatable bonds is 6. The first-order chi connectivity index (χ1) is 16.8. The van der Waals surface area contributed by atoms with E-state index in [9.17, 15) is 29.5 Å². The molecule has 3 heterocycles. The average molecular weight is 485 g/mol. The monoisotopic (exact) mass is 484 g/mol. The highest BCUT2D eigenvalue weighted by atomic mass is 19.1. The Morgan fingerprint density at radius 1 is 1.26 bits per heavy atom. The van der Waals surface area contributed by atoms with Crippen molar-refractivity contribution in [1.29, 1.82) is 5.26 Å². The number of hydrogen-bond acceptors (Lipinski definition) is 8. The van der Waals surface area contributed by atoms with E-state index < -0.39 is 29.8 Å². The third-order valence-corrected chi connectivity index (χ3v) is 6.87. The van der Waals surface area contributed by atoms with Gasteiger partial charge in [0.15, 0.2) is 12.2 Å². The van der Waals surface area contributed by atoms with Gasteiger partial charge in [-0.25, -0.2) is 9.38 Å². The number of nitrogens with one attached hydrogen (secondary N) is 1. The van der Waals surface area contributed by atoms with E-state index in [1.165, 1.54) is 17.0 Å². The number of nitrogens with zero attached hydrogens (tertiary/aromatic N) is 5. The summed E-state index contributed by atoms with van der Waals surface area (Å²) in [7, 11) is 0. The molecule has 0 saturated carbocycles. The third kappa shape index (κ3) is 5.49. The van der Waals surface area contributed by atoms with E-state index in [2.05, 4.69) is 15.3 Å². The molecule has 0 radical (unpaired) electrons. The molecule has 4 rings (SSSR count). The van der Waals surface area contributed by atoms with Crippen molar-refractivity contribution in [3.8, 4) is 6.07 Å². The zero-order valence-corrected chi connectivity index (χ0v) is 19.5. The first-order valence-corrected chi connectivity index (χ1v) is 11.7. The molecular formula is C24H29FN6O4. The highest BCUT2D eigenvalue weighted by Crippen LogP contribution is 2.27. The van der Waals surface area contributed by atoms with Crippen LogP contribution in [-0.4, -0.2) is 90.0 Å². The second-order valence-corrected chi connectivity index (χ2v) is 9.27. The van der Waals surface area contributed by atoms with Crippen LogP contribution < -0.4 is 10.2 Å². The normalized spacial score (nSPS) is 23.8.